The molecular formula is C12H21N3O. The van der Waals surface area contributed by atoms with Gasteiger partial charge in [0.25, 0.3) is 0 Å². The highest BCUT2D eigenvalue weighted by Crippen LogP contribution is 2.15. The lowest BCUT2D eigenvalue weighted by molar-refractivity contribution is 0.0130. The number of nitrogens with one attached hydrogen (secondary N) is 2. The summed E-state index contributed by atoms with van der Waals surface area (Å²) >= 11 is 0. The van der Waals surface area contributed by atoms with Crippen molar-refractivity contribution in [1.82, 2.24) is 15.5 Å². The molecule has 1 aromatic heterocycles. The largest absolute Gasteiger partial charge is 0.378 e. The van der Waals surface area contributed by atoms with E-state index in [0.29, 0.717) is 12.1 Å². The number of rotatable bonds is 3. The Labute approximate surface area is 96.8 Å². The van der Waals surface area contributed by atoms with Crippen LogP contribution >= 0.6 is 0 Å². The zero-order valence-electron chi connectivity index (χ0n) is 10.3. The summed E-state index contributed by atoms with van der Waals surface area (Å²) in [6, 6.07) is 0.581. The predicted molar refractivity (Wildman–Crippen MR) is 63.3 cm³/mol. The summed E-state index contributed by atoms with van der Waals surface area (Å²) in [5.74, 6) is 0. The van der Waals surface area contributed by atoms with E-state index in [2.05, 4.69) is 29.4 Å². The van der Waals surface area contributed by atoms with Gasteiger partial charge in [0.15, 0.2) is 0 Å². The molecule has 2 heterocycles. The predicted octanol–water partition coefficient (Wildman–Crippen LogP) is 1.68. The minimum absolute atomic E-state index is 0.387. The molecule has 2 unspecified atom stereocenters. The van der Waals surface area contributed by atoms with Crippen molar-refractivity contribution in [2.45, 2.75) is 52.3 Å². The van der Waals surface area contributed by atoms with Crippen molar-refractivity contribution in [2.24, 2.45) is 0 Å². The molecule has 1 aromatic rings. The Morgan fingerprint density at radius 1 is 1.50 bits per heavy atom. The smallest absolute Gasteiger partial charge is 0.0638 e. The van der Waals surface area contributed by atoms with E-state index in [1.807, 2.05) is 6.92 Å². The van der Waals surface area contributed by atoms with E-state index in [9.17, 15) is 0 Å². The van der Waals surface area contributed by atoms with E-state index in [1.165, 1.54) is 11.3 Å². The fourth-order valence-corrected chi connectivity index (χ4v) is 2.26. The average Bonchev–Trinajstić information content (AvgIpc) is 2.56. The minimum atomic E-state index is 0.387. The molecule has 0 amide bonds. The number of ether oxygens (including phenoxy) is 1. The quantitative estimate of drug-likeness (QED) is 0.819. The second kappa shape index (κ2) is 4.97. The zero-order valence-corrected chi connectivity index (χ0v) is 10.3. The van der Waals surface area contributed by atoms with E-state index >= 15 is 0 Å². The number of hydrogen-bond acceptors (Lipinski definition) is 3. The van der Waals surface area contributed by atoms with E-state index in [4.69, 9.17) is 4.74 Å². The number of aromatic nitrogens is 2. The second-order valence-corrected chi connectivity index (χ2v) is 4.70. The van der Waals surface area contributed by atoms with Gasteiger partial charge in [0, 0.05) is 30.5 Å². The van der Waals surface area contributed by atoms with Crippen LogP contribution in [0.2, 0.25) is 0 Å². The van der Waals surface area contributed by atoms with Crippen LogP contribution in [0.3, 0.4) is 0 Å². The van der Waals surface area contributed by atoms with Gasteiger partial charge in [-0.1, -0.05) is 0 Å². The third-order valence-corrected chi connectivity index (χ3v) is 3.33. The molecular weight excluding hydrogens is 202 g/mol. The summed E-state index contributed by atoms with van der Waals surface area (Å²) in [7, 11) is 0. The second-order valence-electron chi connectivity index (χ2n) is 4.70. The maximum absolute atomic E-state index is 5.53. The van der Waals surface area contributed by atoms with Crippen molar-refractivity contribution < 1.29 is 4.74 Å². The van der Waals surface area contributed by atoms with E-state index in [1.54, 1.807) is 0 Å². The molecule has 90 valence electrons. The van der Waals surface area contributed by atoms with Gasteiger partial charge >= 0.3 is 0 Å². The first-order chi connectivity index (χ1) is 7.66. The number of H-pyrrole nitrogens is 1. The summed E-state index contributed by atoms with van der Waals surface area (Å²) < 4.78 is 5.53. The van der Waals surface area contributed by atoms with Crippen LogP contribution in [0.15, 0.2) is 0 Å². The summed E-state index contributed by atoms with van der Waals surface area (Å²) in [6.07, 6.45) is 2.61. The monoisotopic (exact) mass is 223 g/mol. The van der Waals surface area contributed by atoms with Gasteiger partial charge in [-0.15, -0.1) is 0 Å². The van der Waals surface area contributed by atoms with Crippen LogP contribution in [0.4, 0.5) is 0 Å². The molecule has 0 bridgehead atoms. The Bertz CT molecular complexity index is 329. The number of aromatic amines is 1. The highest BCUT2D eigenvalue weighted by molar-refractivity contribution is 5.22. The standard InChI is InChI=1S/C12H21N3O/c1-8-6-11(4-5-16-8)13-7-12-9(2)14-15-10(12)3/h8,11,13H,4-7H2,1-3H3,(H,14,15). The normalized spacial score (nSPS) is 25.9. The Morgan fingerprint density at radius 2 is 2.31 bits per heavy atom. The molecule has 0 aliphatic carbocycles. The fraction of sp³-hybridized carbons (Fsp3) is 0.750. The number of aryl methyl sites for hydroxylation is 2. The molecule has 1 aliphatic rings. The summed E-state index contributed by atoms with van der Waals surface area (Å²) in [4.78, 5) is 0. The molecule has 1 fully saturated rings. The maximum Gasteiger partial charge on any atom is 0.0638 e. The number of nitrogens with zero attached hydrogens (tertiary/aromatic N) is 1. The van der Waals surface area contributed by atoms with Gasteiger partial charge in [0.1, 0.15) is 0 Å². The van der Waals surface area contributed by atoms with Crippen LogP contribution in [-0.4, -0.2) is 29.0 Å². The lowest BCUT2D eigenvalue weighted by atomic mass is 10.0. The van der Waals surface area contributed by atoms with Gasteiger partial charge in [-0.2, -0.15) is 5.10 Å². The van der Waals surface area contributed by atoms with Crippen molar-refractivity contribution >= 4 is 0 Å². The SMILES string of the molecule is Cc1n[nH]c(C)c1CNC1CCOC(C)C1. The summed E-state index contributed by atoms with van der Waals surface area (Å²) in [5.41, 5.74) is 3.58. The Hall–Kier alpha value is -0.870. The maximum atomic E-state index is 5.53. The average molecular weight is 223 g/mol. The molecule has 1 saturated heterocycles. The third kappa shape index (κ3) is 2.62. The van der Waals surface area contributed by atoms with Crippen LogP contribution in [0.1, 0.15) is 36.7 Å². The topological polar surface area (TPSA) is 49.9 Å². The molecule has 0 aromatic carbocycles. The van der Waals surface area contributed by atoms with E-state index < -0.39 is 0 Å². The van der Waals surface area contributed by atoms with Gasteiger partial charge < -0.3 is 10.1 Å². The fourth-order valence-electron chi connectivity index (χ4n) is 2.26. The van der Waals surface area contributed by atoms with Gasteiger partial charge in [-0.05, 0) is 33.6 Å². The van der Waals surface area contributed by atoms with E-state index in [0.717, 1.165) is 31.7 Å². The molecule has 2 N–H and O–H groups in total. The Morgan fingerprint density at radius 3 is 2.94 bits per heavy atom. The van der Waals surface area contributed by atoms with Crippen LogP contribution < -0.4 is 5.32 Å². The molecule has 0 saturated carbocycles. The molecule has 4 heteroatoms. The first-order valence-electron chi connectivity index (χ1n) is 6.02. The third-order valence-electron chi connectivity index (χ3n) is 3.33. The van der Waals surface area contributed by atoms with Gasteiger partial charge in [-0.3, -0.25) is 5.10 Å². The van der Waals surface area contributed by atoms with Crippen molar-refractivity contribution in [3.63, 3.8) is 0 Å². The van der Waals surface area contributed by atoms with Crippen molar-refractivity contribution in [3.05, 3.63) is 17.0 Å². The summed E-state index contributed by atoms with van der Waals surface area (Å²) in [5, 5.41) is 10.8. The Kier molecular flexibility index (Phi) is 3.61. The highest BCUT2D eigenvalue weighted by Gasteiger charge is 2.19. The zero-order chi connectivity index (χ0) is 11.5. The highest BCUT2D eigenvalue weighted by atomic mass is 16.5. The van der Waals surface area contributed by atoms with Crippen molar-refractivity contribution in [3.8, 4) is 0 Å². The lowest BCUT2D eigenvalue weighted by Crippen LogP contribution is -2.37. The molecule has 2 rings (SSSR count). The van der Waals surface area contributed by atoms with Crippen LogP contribution in [0.5, 0.6) is 0 Å². The molecule has 0 radical (unpaired) electrons. The Balaban J connectivity index is 1.87. The molecule has 1 aliphatic heterocycles. The summed E-state index contributed by atoms with van der Waals surface area (Å²) in [6.45, 7) is 8.05. The molecule has 16 heavy (non-hydrogen) atoms. The first-order valence-corrected chi connectivity index (χ1v) is 6.02. The van der Waals surface area contributed by atoms with Crippen molar-refractivity contribution in [1.29, 1.82) is 0 Å². The minimum Gasteiger partial charge on any atom is -0.378 e. The lowest BCUT2D eigenvalue weighted by Gasteiger charge is -2.28. The van der Waals surface area contributed by atoms with Crippen molar-refractivity contribution in [2.75, 3.05) is 6.61 Å². The van der Waals surface area contributed by atoms with Gasteiger partial charge in [0.05, 0.1) is 11.8 Å². The molecule has 0 spiro atoms. The molecule has 4 nitrogen and oxygen atoms in total. The number of hydrogen-bond donors (Lipinski definition) is 2. The van der Waals surface area contributed by atoms with Crippen LogP contribution in [0, 0.1) is 13.8 Å². The van der Waals surface area contributed by atoms with Gasteiger partial charge in [-0.25, -0.2) is 0 Å². The first kappa shape index (κ1) is 11.6. The van der Waals surface area contributed by atoms with Gasteiger partial charge in [0.2, 0.25) is 0 Å². The van der Waals surface area contributed by atoms with Crippen LogP contribution in [-0.2, 0) is 11.3 Å². The van der Waals surface area contributed by atoms with E-state index in [-0.39, 0.29) is 0 Å². The van der Waals surface area contributed by atoms with Crippen LogP contribution in [0.25, 0.3) is 0 Å². The molecule has 2 atom stereocenters.